The van der Waals surface area contributed by atoms with Crippen LogP contribution >= 0.6 is 11.3 Å². The third-order valence-electron chi connectivity index (χ3n) is 3.90. The third kappa shape index (κ3) is 3.04. The molecule has 0 aliphatic heterocycles. The highest BCUT2D eigenvalue weighted by molar-refractivity contribution is 7.12. The van der Waals surface area contributed by atoms with Crippen molar-refractivity contribution in [3.8, 4) is 0 Å². The molecule has 1 aliphatic rings. The summed E-state index contributed by atoms with van der Waals surface area (Å²) in [6.45, 7) is 0.619. The standard InChI is InChI=1S/C17H18N2O2S/c20-17(18-10-9-12-5-2-1-3-6-12)14-11-22-16-13(14)7-4-8-15(16)19-21/h1-3,5-6,11,21H,4,7-10H2,(H,18,20)/b19-15-. The first-order valence-electron chi connectivity index (χ1n) is 7.43. The molecule has 1 aliphatic carbocycles. The van der Waals surface area contributed by atoms with E-state index in [9.17, 15) is 4.79 Å². The van der Waals surface area contributed by atoms with Gasteiger partial charge in [-0.1, -0.05) is 35.5 Å². The minimum atomic E-state index is -0.0346. The molecule has 0 atom stereocenters. The van der Waals surface area contributed by atoms with Gasteiger partial charge in [0.1, 0.15) is 0 Å². The molecule has 1 amide bonds. The van der Waals surface area contributed by atoms with E-state index in [1.165, 1.54) is 16.9 Å². The highest BCUT2D eigenvalue weighted by atomic mass is 32.1. The van der Waals surface area contributed by atoms with Gasteiger partial charge in [0.2, 0.25) is 0 Å². The normalized spacial score (nSPS) is 15.5. The van der Waals surface area contributed by atoms with E-state index in [4.69, 9.17) is 5.21 Å². The number of carbonyl (C=O) groups is 1. The summed E-state index contributed by atoms with van der Waals surface area (Å²) in [5.41, 5.74) is 3.68. The largest absolute Gasteiger partial charge is 0.411 e. The van der Waals surface area contributed by atoms with Crippen LogP contribution in [0.2, 0.25) is 0 Å². The van der Waals surface area contributed by atoms with E-state index in [0.29, 0.717) is 12.3 Å². The Labute approximate surface area is 133 Å². The van der Waals surface area contributed by atoms with Crippen molar-refractivity contribution in [2.75, 3.05) is 6.54 Å². The van der Waals surface area contributed by atoms with Crippen molar-refractivity contribution in [2.24, 2.45) is 5.16 Å². The van der Waals surface area contributed by atoms with Gasteiger partial charge in [0.05, 0.1) is 16.2 Å². The summed E-state index contributed by atoms with van der Waals surface area (Å²) in [5.74, 6) is -0.0346. The van der Waals surface area contributed by atoms with E-state index in [1.54, 1.807) is 0 Å². The summed E-state index contributed by atoms with van der Waals surface area (Å²) in [7, 11) is 0. The lowest BCUT2D eigenvalue weighted by molar-refractivity contribution is 0.0953. The Balaban J connectivity index is 1.65. The molecule has 22 heavy (non-hydrogen) atoms. The topological polar surface area (TPSA) is 61.7 Å². The highest BCUT2D eigenvalue weighted by Crippen LogP contribution is 2.30. The quantitative estimate of drug-likeness (QED) is 0.672. The molecule has 5 heteroatoms. The number of nitrogens with one attached hydrogen (secondary N) is 1. The third-order valence-corrected chi connectivity index (χ3v) is 4.97. The molecule has 0 saturated heterocycles. The Morgan fingerprint density at radius 3 is 2.86 bits per heavy atom. The minimum Gasteiger partial charge on any atom is -0.411 e. The van der Waals surface area contributed by atoms with Gasteiger partial charge in [0.25, 0.3) is 5.91 Å². The van der Waals surface area contributed by atoms with E-state index in [0.717, 1.165) is 41.7 Å². The molecule has 0 radical (unpaired) electrons. The Kier molecular flexibility index (Phi) is 4.53. The number of amides is 1. The van der Waals surface area contributed by atoms with Crippen LogP contribution in [-0.2, 0) is 12.8 Å². The maximum Gasteiger partial charge on any atom is 0.252 e. The first-order valence-corrected chi connectivity index (χ1v) is 8.31. The zero-order chi connectivity index (χ0) is 15.4. The van der Waals surface area contributed by atoms with E-state index in [2.05, 4.69) is 22.6 Å². The van der Waals surface area contributed by atoms with Crippen molar-refractivity contribution in [1.82, 2.24) is 5.32 Å². The molecular formula is C17H18N2O2S. The SMILES string of the molecule is O=C(NCCc1ccccc1)c1csc2c1CCC/C2=N/O. The van der Waals surface area contributed by atoms with Gasteiger partial charge in [-0.2, -0.15) is 0 Å². The second-order valence-electron chi connectivity index (χ2n) is 5.35. The van der Waals surface area contributed by atoms with Crippen LogP contribution in [0, 0.1) is 0 Å². The van der Waals surface area contributed by atoms with Crippen molar-refractivity contribution in [2.45, 2.75) is 25.7 Å². The number of nitrogens with zero attached hydrogens (tertiary/aromatic N) is 1. The molecule has 0 fully saturated rings. The van der Waals surface area contributed by atoms with Gasteiger partial charge in [-0.05, 0) is 36.8 Å². The maximum atomic E-state index is 12.4. The van der Waals surface area contributed by atoms with Crippen LogP contribution in [0.15, 0.2) is 40.9 Å². The van der Waals surface area contributed by atoms with Crippen LogP contribution in [0.4, 0.5) is 0 Å². The van der Waals surface area contributed by atoms with Gasteiger partial charge >= 0.3 is 0 Å². The van der Waals surface area contributed by atoms with Gasteiger partial charge in [0, 0.05) is 11.9 Å². The predicted octanol–water partition coefficient (Wildman–Crippen LogP) is 3.24. The molecule has 0 bridgehead atoms. The molecule has 114 valence electrons. The highest BCUT2D eigenvalue weighted by Gasteiger charge is 2.24. The van der Waals surface area contributed by atoms with E-state index >= 15 is 0 Å². The van der Waals surface area contributed by atoms with E-state index < -0.39 is 0 Å². The zero-order valence-corrected chi connectivity index (χ0v) is 13.0. The monoisotopic (exact) mass is 314 g/mol. The van der Waals surface area contributed by atoms with Crippen LogP contribution in [0.3, 0.4) is 0 Å². The van der Waals surface area contributed by atoms with Gasteiger partial charge in [-0.3, -0.25) is 4.79 Å². The van der Waals surface area contributed by atoms with Gasteiger partial charge < -0.3 is 10.5 Å². The Bertz CT molecular complexity index is 692. The van der Waals surface area contributed by atoms with Crippen molar-refractivity contribution in [3.05, 3.63) is 57.3 Å². The molecule has 1 aromatic carbocycles. The summed E-state index contributed by atoms with van der Waals surface area (Å²) in [5, 5.41) is 17.3. The molecule has 2 N–H and O–H groups in total. The Morgan fingerprint density at radius 1 is 1.27 bits per heavy atom. The van der Waals surface area contributed by atoms with Crippen LogP contribution in [0.1, 0.15) is 39.2 Å². The molecular weight excluding hydrogens is 296 g/mol. The lowest BCUT2D eigenvalue weighted by Crippen LogP contribution is -2.26. The van der Waals surface area contributed by atoms with Crippen LogP contribution in [-0.4, -0.2) is 23.4 Å². The average molecular weight is 314 g/mol. The van der Waals surface area contributed by atoms with Crippen LogP contribution in [0.5, 0.6) is 0 Å². The van der Waals surface area contributed by atoms with Crippen molar-refractivity contribution < 1.29 is 10.0 Å². The summed E-state index contributed by atoms with van der Waals surface area (Å²) < 4.78 is 0. The van der Waals surface area contributed by atoms with Crippen LogP contribution < -0.4 is 5.32 Å². The molecule has 2 aromatic rings. The fourth-order valence-electron chi connectivity index (χ4n) is 2.77. The fraction of sp³-hybridized carbons (Fsp3) is 0.294. The summed E-state index contributed by atoms with van der Waals surface area (Å²) >= 11 is 1.49. The summed E-state index contributed by atoms with van der Waals surface area (Å²) in [6.07, 6.45) is 3.40. The maximum absolute atomic E-state index is 12.4. The average Bonchev–Trinajstić information content (AvgIpc) is 3.00. The molecule has 1 heterocycles. The lowest BCUT2D eigenvalue weighted by Gasteiger charge is -2.14. The van der Waals surface area contributed by atoms with E-state index in [1.807, 2.05) is 23.6 Å². The number of fused-ring (bicyclic) bond motifs is 1. The van der Waals surface area contributed by atoms with Gasteiger partial charge in [-0.15, -0.1) is 11.3 Å². The van der Waals surface area contributed by atoms with Gasteiger partial charge in [-0.25, -0.2) is 0 Å². The number of thiophene rings is 1. The number of carbonyl (C=O) groups excluding carboxylic acids is 1. The molecule has 0 saturated carbocycles. The first-order chi connectivity index (χ1) is 10.8. The Hall–Kier alpha value is -2.14. The van der Waals surface area contributed by atoms with Gasteiger partial charge in [0.15, 0.2) is 0 Å². The van der Waals surface area contributed by atoms with Crippen LogP contribution in [0.25, 0.3) is 0 Å². The number of benzene rings is 1. The summed E-state index contributed by atoms with van der Waals surface area (Å²) in [6, 6.07) is 10.1. The zero-order valence-electron chi connectivity index (χ0n) is 12.2. The van der Waals surface area contributed by atoms with E-state index in [-0.39, 0.29) is 5.91 Å². The number of rotatable bonds is 4. The molecule has 0 spiro atoms. The Morgan fingerprint density at radius 2 is 2.09 bits per heavy atom. The van der Waals surface area contributed by atoms with Crippen molar-refractivity contribution in [1.29, 1.82) is 0 Å². The lowest BCUT2D eigenvalue weighted by atomic mass is 9.94. The smallest absolute Gasteiger partial charge is 0.252 e. The molecule has 0 unspecified atom stereocenters. The first kappa shape index (κ1) is 14.8. The summed E-state index contributed by atoms with van der Waals surface area (Å²) in [4.78, 5) is 13.3. The fourth-order valence-corrected chi connectivity index (χ4v) is 3.88. The second-order valence-corrected chi connectivity index (χ2v) is 6.23. The molecule has 4 nitrogen and oxygen atoms in total. The van der Waals surface area contributed by atoms with Crippen molar-refractivity contribution in [3.63, 3.8) is 0 Å². The van der Waals surface area contributed by atoms with Crippen molar-refractivity contribution >= 4 is 23.0 Å². The number of hydrogen-bond acceptors (Lipinski definition) is 4. The number of hydrogen-bond donors (Lipinski definition) is 2. The predicted molar refractivity (Wildman–Crippen MR) is 88.1 cm³/mol. The second kappa shape index (κ2) is 6.75. The minimum absolute atomic E-state index is 0.0346. The molecule has 3 rings (SSSR count). The molecule has 1 aromatic heterocycles. The number of oxime groups is 1.